The van der Waals surface area contributed by atoms with E-state index in [2.05, 4.69) is 14.8 Å². The van der Waals surface area contributed by atoms with E-state index in [0.717, 1.165) is 5.56 Å². The maximum atomic E-state index is 13.3. The van der Waals surface area contributed by atoms with Gasteiger partial charge in [-0.3, -0.25) is 4.79 Å². The first-order valence-electron chi connectivity index (χ1n) is 12.1. The van der Waals surface area contributed by atoms with Crippen LogP contribution in [0.25, 0.3) is 0 Å². The van der Waals surface area contributed by atoms with Gasteiger partial charge in [0.1, 0.15) is 23.1 Å². The molecular formula is C28H30N2O9S. The number of sulfonamides is 1. The summed E-state index contributed by atoms with van der Waals surface area (Å²) in [7, 11) is -0.143. The number of nitrogens with one attached hydrogen (secondary N) is 2. The van der Waals surface area contributed by atoms with Gasteiger partial charge < -0.3 is 24.3 Å². The maximum Gasteiger partial charge on any atom is 0.343 e. The van der Waals surface area contributed by atoms with E-state index in [-0.39, 0.29) is 29.2 Å². The Balaban J connectivity index is 1.87. The number of benzene rings is 3. The van der Waals surface area contributed by atoms with Crippen LogP contribution >= 0.6 is 0 Å². The first kappa shape index (κ1) is 30.1. The number of ether oxygens (including phenoxy) is 4. The highest BCUT2D eigenvalue weighted by Gasteiger charge is 2.27. The van der Waals surface area contributed by atoms with Gasteiger partial charge in [-0.05, 0) is 53.9 Å². The predicted molar refractivity (Wildman–Crippen MR) is 144 cm³/mol. The molecule has 11 nitrogen and oxygen atoms in total. The summed E-state index contributed by atoms with van der Waals surface area (Å²) in [5, 5.41) is 2.76. The van der Waals surface area contributed by atoms with Gasteiger partial charge in [0.25, 0.3) is 0 Å². The average Bonchev–Trinajstić information content (AvgIpc) is 2.98. The predicted octanol–water partition coefficient (Wildman–Crippen LogP) is 2.24. The highest BCUT2D eigenvalue weighted by Crippen LogP contribution is 2.23. The van der Waals surface area contributed by atoms with Crippen LogP contribution < -0.4 is 19.5 Å². The highest BCUT2D eigenvalue weighted by molar-refractivity contribution is 7.89. The fourth-order valence-corrected chi connectivity index (χ4v) is 4.85. The normalized spacial score (nSPS) is 11.7. The third kappa shape index (κ3) is 8.29. The summed E-state index contributed by atoms with van der Waals surface area (Å²) in [6.45, 7) is -0.298. The highest BCUT2D eigenvalue weighted by atomic mass is 32.2. The molecule has 1 amide bonds. The van der Waals surface area contributed by atoms with E-state index in [0.29, 0.717) is 11.3 Å². The zero-order valence-corrected chi connectivity index (χ0v) is 23.0. The molecular weight excluding hydrogens is 540 g/mol. The molecule has 0 spiro atoms. The second-order valence-corrected chi connectivity index (χ2v) is 10.2. The van der Waals surface area contributed by atoms with Gasteiger partial charge in [0, 0.05) is 6.54 Å². The molecule has 0 aliphatic heterocycles. The standard InChI is InChI=1S/C28H30N2O9S/c1-36-21-12-9-19(10-13-21)17-29-27(32)24(30-40(34,35)22-7-5-4-6-8-22)16-20-11-14-25(39-18-26(31)37-2)23(15-20)28(33)38-3/h4-15,24,30H,16-18H2,1-3H3,(H,29,32). The number of amides is 1. The van der Waals surface area contributed by atoms with Crippen molar-refractivity contribution >= 4 is 27.9 Å². The Hall–Kier alpha value is -4.42. The first-order valence-corrected chi connectivity index (χ1v) is 13.5. The number of hydrogen-bond donors (Lipinski definition) is 2. The Bertz CT molecular complexity index is 1430. The summed E-state index contributed by atoms with van der Waals surface area (Å²) in [5.74, 6) is -1.26. The summed E-state index contributed by atoms with van der Waals surface area (Å²) in [6, 6.07) is 17.9. The monoisotopic (exact) mass is 570 g/mol. The smallest absolute Gasteiger partial charge is 0.343 e. The van der Waals surface area contributed by atoms with Crippen LogP contribution in [-0.4, -0.2) is 60.2 Å². The van der Waals surface area contributed by atoms with Crippen LogP contribution in [0.1, 0.15) is 21.5 Å². The van der Waals surface area contributed by atoms with Gasteiger partial charge >= 0.3 is 11.9 Å². The lowest BCUT2D eigenvalue weighted by Crippen LogP contribution is -2.47. The molecule has 3 aromatic rings. The van der Waals surface area contributed by atoms with Crippen molar-refractivity contribution < 1.29 is 41.7 Å². The van der Waals surface area contributed by atoms with Crippen LogP contribution in [0.4, 0.5) is 0 Å². The summed E-state index contributed by atoms with van der Waals surface area (Å²) < 4.78 is 48.6. The zero-order valence-electron chi connectivity index (χ0n) is 22.2. The lowest BCUT2D eigenvalue weighted by atomic mass is 10.0. The van der Waals surface area contributed by atoms with Crippen LogP contribution in [0.2, 0.25) is 0 Å². The quantitative estimate of drug-likeness (QED) is 0.295. The van der Waals surface area contributed by atoms with Crippen molar-refractivity contribution in [2.24, 2.45) is 0 Å². The number of esters is 2. The SMILES string of the molecule is COC(=O)COc1ccc(CC(NS(=O)(=O)c2ccccc2)C(=O)NCc2ccc(OC)cc2)cc1C(=O)OC. The second kappa shape index (κ2) is 14.1. The fourth-order valence-electron chi connectivity index (χ4n) is 3.63. The number of methoxy groups -OCH3 is 3. The van der Waals surface area contributed by atoms with E-state index in [1.54, 1.807) is 55.6 Å². The third-order valence-corrected chi connectivity index (χ3v) is 7.24. The molecule has 3 rings (SSSR count). The van der Waals surface area contributed by atoms with E-state index in [1.807, 2.05) is 0 Å². The summed E-state index contributed by atoms with van der Waals surface area (Å²) in [6.07, 6.45) is -0.109. The van der Waals surface area contributed by atoms with Crippen molar-refractivity contribution in [1.82, 2.24) is 10.0 Å². The van der Waals surface area contributed by atoms with Gasteiger partial charge in [0.05, 0.1) is 26.2 Å². The minimum absolute atomic E-state index is 0.00721. The Morgan fingerprint density at radius 1 is 0.850 bits per heavy atom. The van der Waals surface area contributed by atoms with Crippen LogP contribution in [0.5, 0.6) is 11.5 Å². The third-order valence-electron chi connectivity index (χ3n) is 5.76. The Labute approximate surface area is 232 Å². The Morgan fingerprint density at radius 3 is 2.15 bits per heavy atom. The van der Waals surface area contributed by atoms with E-state index in [1.165, 1.54) is 38.5 Å². The lowest BCUT2D eigenvalue weighted by Gasteiger charge is -2.20. The molecule has 2 N–H and O–H groups in total. The molecule has 1 unspecified atom stereocenters. The summed E-state index contributed by atoms with van der Waals surface area (Å²) in [4.78, 5) is 37.2. The largest absolute Gasteiger partial charge is 0.497 e. The van der Waals surface area contributed by atoms with E-state index >= 15 is 0 Å². The summed E-state index contributed by atoms with van der Waals surface area (Å²) in [5.41, 5.74) is 1.21. The minimum atomic E-state index is -4.07. The van der Waals surface area contributed by atoms with Gasteiger partial charge in [-0.1, -0.05) is 36.4 Å². The molecule has 0 aliphatic carbocycles. The topological polar surface area (TPSA) is 146 Å². The Kier molecular flexibility index (Phi) is 10.6. The van der Waals surface area contributed by atoms with Crippen molar-refractivity contribution in [1.29, 1.82) is 0 Å². The van der Waals surface area contributed by atoms with Gasteiger partial charge in [-0.2, -0.15) is 4.72 Å². The molecule has 0 aromatic heterocycles. The van der Waals surface area contributed by atoms with Crippen LogP contribution in [0, 0.1) is 0 Å². The molecule has 212 valence electrons. The first-order chi connectivity index (χ1) is 19.2. The Morgan fingerprint density at radius 2 is 1.52 bits per heavy atom. The molecule has 0 bridgehead atoms. The molecule has 3 aromatic carbocycles. The molecule has 1 atom stereocenters. The average molecular weight is 571 g/mol. The number of carbonyl (C=O) groups is 3. The molecule has 0 fully saturated rings. The van der Waals surface area contributed by atoms with E-state index in [9.17, 15) is 22.8 Å². The van der Waals surface area contributed by atoms with Gasteiger partial charge in [-0.25, -0.2) is 18.0 Å². The van der Waals surface area contributed by atoms with Crippen molar-refractivity contribution in [3.8, 4) is 11.5 Å². The van der Waals surface area contributed by atoms with E-state index in [4.69, 9.17) is 14.2 Å². The molecule has 0 saturated carbocycles. The zero-order chi connectivity index (χ0) is 29.1. The van der Waals surface area contributed by atoms with Crippen molar-refractivity contribution in [2.45, 2.75) is 23.9 Å². The van der Waals surface area contributed by atoms with Crippen LogP contribution in [0.15, 0.2) is 77.7 Å². The van der Waals surface area contributed by atoms with E-state index < -0.39 is 40.5 Å². The lowest BCUT2D eigenvalue weighted by molar-refractivity contribution is -0.142. The molecule has 12 heteroatoms. The fraction of sp³-hybridized carbons (Fsp3) is 0.250. The number of carbonyl (C=O) groups excluding carboxylic acids is 3. The van der Waals surface area contributed by atoms with Gasteiger partial charge in [0.2, 0.25) is 15.9 Å². The van der Waals surface area contributed by atoms with Crippen molar-refractivity contribution in [2.75, 3.05) is 27.9 Å². The van der Waals surface area contributed by atoms with Crippen molar-refractivity contribution in [3.63, 3.8) is 0 Å². The van der Waals surface area contributed by atoms with Crippen LogP contribution in [-0.2, 0) is 42.1 Å². The molecule has 0 radical (unpaired) electrons. The number of hydrogen-bond acceptors (Lipinski definition) is 9. The molecule has 0 aliphatic rings. The second-order valence-electron chi connectivity index (χ2n) is 8.44. The summed E-state index contributed by atoms with van der Waals surface area (Å²) >= 11 is 0. The van der Waals surface area contributed by atoms with Crippen LogP contribution in [0.3, 0.4) is 0 Å². The maximum absolute atomic E-state index is 13.3. The molecule has 0 saturated heterocycles. The van der Waals surface area contributed by atoms with Gasteiger partial charge in [0.15, 0.2) is 6.61 Å². The molecule has 40 heavy (non-hydrogen) atoms. The van der Waals surface area contributed by atoms with Crippen molar-refractivity contribution in [3.05, 3.63) is 89.5 Å². The molecule has 0 heterocycles. The minimum Gasteiger partial charge on any atom is -0.497 e. The van der Waals surface area contributed by atoms with Gasteiger partial charge in [-0.15, -0.1) is 0 Å². The number of rotatable bonds is 13.